The van der Waals surface area contributed by atoms with Gasteiger partial charge in [-0.15, -0.1) is 0 Å². The highest BCUT2D eigenvalue weighted by atomic mass is 16.3. The summed E-state index contributed by atoms with van der Waals surface area (Å²) in [7, 11) is 0. The number of aryl methyl sites for hydroxylation is 1. The van der Waals surface area contributed by atoms with Crippen molar-refractivity contribution in [2.75, 3.05) is 6.54 Å². The van der Waals surface area contributed by atoms with Crippen molar-refractivity contribution in [3.8, 4) is 0 Å². The summed E-state index contributed by atoms with van der Waals surface area (Å²) in [5, 5.41) is 12.6. The van der Waals surface area contributed by atoms with Crippen LogP contribution in [0.15, 0.2) is 30.3 Å². The topological polar surface area (TPSA) is 49.3 Å². The molecular formula is C15H19NO2. The molecule has 0 spiro atoms. The summed E-state index contributed by atoms with van der Waals surface area (Å²) in [6, 6.07) is 7.95. The minimum absolute atomic E-state index is 0.156. The number of rotatable bonds is 4. The van der Waals surface area contributed by atoms with Crippen molar-refractivity contribution in [3.05, 3.63) is 41.5 Å². The first kappa shape index (κ1) is 12.8. The van der Waals surface area contributed by atoms with E-state index < -0.39 is 5.60 Å². The van der Waals surface area contributed by atoms with E-state index >= 15 is 0 Å². The zero-order valence-electron chi connectivity index (χ0n) is 10.6. The summed E-state index contributed by atoms with van der Waals surface area (Å²) in [4.78, 5) is 11.6. The lowest BCUT2D eigenvalue weighted by molar-refractivity contribution is -0.118. The summed E-state index contributed by atoms with van der Waals surface area (Å²) < 4.78 is 0. The van der Waals surface area contributed by atoms with Gasteiger partial charge in [0.25, 0.3) is 0 Å². The lowest BCUT2D eigenvalue weighted by Crippen LogP contribution is -2.47. The van der Waals surface area contributed by atoms with E-state index in [9.17, 15) is 9.90 Å². The molecule has 0 heterocycles. The van der Waals surface area contributed by atoms with Gasteiger partial charge in [0, 0.05) is 12.6 Å². The molecule has 96 valence electrons. The van der Waals surface area contributed by atoms with Crippen LogP contribution in [-0.2, 0) is 4.79 Å². The number of aliphatic hydroxyl groups is 1. The van der Waals surface area contributed by atoms with Crippen molar-refractivity contribution >= 4 is 12.0 Å². The van der Waals surface area contributed by atoms with Gasteiger partial charge in [0.1, 0.15) is 0 Å². The first-order valence-corrected chi connectivity index (χ1v) is 6.32. The van der Waals surface area contributed by atoms with Gasteiger partial charge < -0.3 is 10.4 Å². The number of benzene rings is 1. The highest BCUT2D eigenvalue weighted by molar-refractivity contribution is 5.91. The summed E-state index contributed by atoms with van der Waals surface area (Å²) in [5.74, 6) is -0.156. The molecular weight excluding hydrogens is 226 g/mol. The molecule has 3 heteroatoms. The van der Waals surface area contributed by atoms with Crippen LogP contribution in [0.4, 0.5) is 0 Å². The maximum atomic E-state index is 11.6. The molecule has 0 radical (unpaired) electrons. The normalized spacial score (nSPS) is 17.4. The van der Waals surface area contributed by atoms with Crippen molar-refractivity contribution in [1.29, 1.82) is 0 Å². The quantitative estimate of drug-likeness (QED) is 0.797. The van der Waals surface area contributed by atoms with Gasteiger partial charge in [0.05, 0.1) is 5.60 Å². The number of carbonyl (C=O) groups is 1. The Morgan fingerprint density at radius 2 is 2.28 bits per heavy atom. The lowest BCUT2D eigenvalue weighted by Gasteiger charge is -2.36. The minimum atomic E-state index is -0.660. The van der Waals surface area contributed by atoms with Gasteiger partial charge in [-0.2, -0.15) is 0 Å². The van der Waals surface area contributed by atoms with Crippen molar-refractivity contribution in [2.24, 2.45) is 0 Å². The largest absolute Gasteiger partial charge is 0.388 e. The van der Waals surface area contributed by atoms with Crippen LogP contribution >= 0.6 is 0 Å². The van der Waals surface area contributed by atoms with E-state index in [2.05, 4.69) is 5.32 Å². The average molecular weight is 245 g/mol. The summed E-state index contributed by atoms with van der Waals surface area (Å²) in [6.45, 7) is 2.37. The Kier molecular flexibility index (Phi) is 3.82. The van der Waals surface area contributed by atoms with Crippen LogP contribution < -0.4 is 5.32 Å². The summed E-state index contributed by atoms with van der Waals surface area (Å²) in [5.41, 5.74) is 1.51. The summed E-state index contributed by atoms with van der Waals surface area (Å²) in [6.07, 6.45) is 5.92. The van der Waals surface area contributed by atoms with Crippen molar-refractivity contribution in [3.63, 3.8) is 0 Å². The fraction of sp³-hybridized carbons (Fsp3) is 0.400. The van der Waals surface area contributed by atoms with Gasteiger partial charge in [-0.25, -0.2) is 0 Å². The highest BCUT2D eigenvalue weighted by Gasteiger charge is 2.34. The van der Waals surface area contributed by atoms with E-state index in [4.69, 9.17) is 0 Å². The van der Waals surface area contributed by atoms with Crippen LogP contribution in [0, 0.1) is 6.92 Å². The van der Waals surface area contributed by atoms with Crippen LogP contribution in [0.5, 0.6) is 0 Å². The molecule has 1 fully saturated rings. The molecule has 1 aliphatic rings. The van der Waals surface area contributed by atoms with E-state index in [-0.39, 0.29) is 5.91 Å². The van der Waals surface area contributed by atoms with Crippen molar-refractivity contribution in [1.82, 2.24) is 5.32 Å². The molecule has 1 saturated carbocycles. The van der Waals surface area contributed by atoms with E-state index in [0.29, 0.717) is 6.54 Å². The molecule has 0 saturated heterocycles. The standard InChI is InChI=1S/C15H19NO2/c1-12-4-2-5-13(10-12)6-7-14(17)16-11-15(18)8-3-9-15/h2,4-7,10,18H,3,8-9,11H2,1H3,(H,16,17)/b7-6+. The smallest absolute Gasteiger partial charge is 0.244 e. The third-order valence-electron chi connectivity index (χ3n) is 3.35. The molecule has 1 aromatic rings. The second-order valence-electron chi connectivity index (χ2n) is 5.04. The van der Waals surface area contributed by atoms with Crippen LogP contribution in [-0.4, -0.2) is 23.2 Å². The molecule has 2 rings (SSSR count). The monoisotopic (exact) mass is 245 g/mol. The van der Waals surface area contributed by atoms with Gasteiger partial charge in [-0.05, 0) is 37.8 Å². The number of carbonyl (C=O) groups excluding carboxylic acids is 1. The van der Waals surface area contributed by atoms with Gasteiger partial charge in [-0.1, -0.05) is 29.8 Å². The molecule has 18 heavy (non-hydrogen) atoms. The second kappa shape index (κ2) is 5.36. The molecule has 0 aromatic heterocycles. The Balaban J connectivity index is 1.83. The van der Waals surface area contributed by atoms with Gasteiger partial charge in [0.15, 0.2) is 0 Å². The average Bonchev–Trinajstić information content (AvgIpc) is 2.31. The van der Waals surface area contributed by atoms with Gasteiger partial charge >= 0.3 is 0 Å². The molecule has 0 unspecified atom stereocenters. The maximum Gasteiger partial charge on any atom is 0.244 e. The fourth-order valence-corrected chi connectivity index (χ4v) is 2.02. The predicted molar refractivity (Wildman–Crippen MR) is 72.0 cm³/mol. The lowest BCUT2D eigenvalue weighted by atomic mass is 9.80. The zero-order valence-corrected chi connectivity index (χ0v) is 10.6. The minimum Gasteiger partial charge on any atom is -0.388 e. The highest BCUT2D eigenvalue weighted by Crippen LogP contribution is 2.30. The number of hydrogen-bond acceptors (Lipinski definition) is 2. The van der Waals surface area contributed by atoms with Crippen LogP contribution in [0.2, 0.25) is 0 Å². The van der Waals surface area contributed by atoms with Crippen molar-refractivity contribution < 1.29 is 9.90 Å². The first-order chi connectivity index (χ1) is 8.57. The van der Waals surface area contributed by atoms with E-state index in [1.165, 1.54) is 11.6 Å². The van der Waals surface area contributed by atoms with E-state index in [0.717, 1.165) is 24.8 Å². The number of hydrogen-bond donors (Lipinski definition) is 2. The Morgan fingerprint density at radius 3 is 2.89 bits per heavy atom. The van der Waals surface area contributed by atoms with Crippen LogP contribution in [0.3, 0.4) is 0 Å². The van der Waals surface area contributed by atoms with Crippen LogP contribution in [0.1, 0.15) is 30.4 Å². The maximum absolute atomic E-state index is 11.6. The predicted octanol–water partition coefficient (Wildman–Crippen LogP) is 2.04. The third-order valence-corrected chi connectivity index (χ3v) is 3.35. The second-order valence-corrected chi connectivity index (χ2v) is 5.04. The molecule has 1 amide bonds. The van der Waals surface area contributed by atoms with Gasteiger partial charge in [0.2, 0.25) is 5.91 Å². The Bertz CT molecular complexity index is 461. The Hall–Kier alpha value is -1.61. The molecule has 0 bridgehead atoms. The van der Waals surface area contributed by atoms with E-state index in [1.807, 2.05) is 31.2 Å². The molecule has 3 nitrogen and oxygen atoms in total. The molecule has 2 N–H and O–H groups in total. The first-order valence-electron chi connectivity index (χ1n) is 6.32. The molecule has 0 atom stereocenters. The molecule has 1 aromatic carbocycles. The third kappa shape index (κ3) is 3.44. The molecule has 1 aliphatic carbocycles. The number of amides is 1. The fourth-order valence-electron chi connectivity index (χ4n) is 2.02. The molecule has 0 aliphatic heterocycles. The zero-order chi connectivity index (χ0) is 13.0. The summed E-state index contributed by atoms with van der Waals surface area (Å²) >= 11 is 0. The Labute approximate surface area is 108 Å². The van der Waals surface area contributed by atoms with Crippen molar-refractivity contribution in [2.45, 2.75) is 31.8 Å². The number of nitrogens with one attached hydrogen (secondary N) is 1. The van der Waals surface area contributed by atoms with Crippen LogP contribution in [0.25, 0.3) is 6.08 Å². The Morgan fingerprint density at radius 1 is 1.50 bits per heavy atom. The van der Waals surface area contributed by atoms with E-state index in [1.54, 1.807) is 6.08 Å². The van der Waals surface area contributed by atoms with Gasteiger partial charge in [-0.3, -0.25) is 4.79 Å². The SMILES string of the molecule is Cc1cccc(/C=C/C(=O)NCC2(O)CCC2)c1.